The summed E-state index contributed by atoms with van der Waals surface area (Å²) in [6, 6.07) is 14.4. The average Bonchev–Trinajstić information content (AvgIpc) is 3.27. The highest BCUT2D eigenvalue weighted by Gasteiger charge is 2.33. The second-order valence-corrected chi connectivity index (χ2v) is 8.95. The molecule has 0 bridgehead atoms. The summed E-state index contributed by atoms with van der Waals surface area (Å²) >= 11 is 1.22. The fourth-order valence-corrected chi connectivity index (χ4v) is 4.91. The van der Waals surface area contributed by atoms with Crippen molar-refractivity contribution in [2.24, 2.45) is 7.05 Å². The third-order valence-corrected chi connectivity index (χ3v) is 6.73. The van der Waals surface area contributed by atoms with Gasteiger partial charge in [-0.3, -0.25) is 4.68 Å². The summed E-state index contributed by atoms with van der Waals surface area (Å²) in [6.45, 7) is 0.419. The molecule has 0 amide bonds. The summed E-state index contributed by atoms with van der Waals surface area (Å²) in [5.74, 6) is -0.108. The average molecular weight is 501 g/mol. The molecular formula is C25H20F4N4OS. The van der Waals surface area contributed by atoms with E-state index in [-0.39, 0.29) is 11.6 Å². The number of ether oxygens (including phenoxy) is 1. The van der Waals surface area contributed by atoms with E-state index in [1.54, 1.807) is 42.2 Å². The van der Waals surface area contributed by atoms with Crippen LogP contribution < -0.4 is 9.46 Å². The topological polar surface area (TPSA) is 52.0 Å². The van der Waals surface area contributed by atoms with Crippen LogP contribution in [0.25, 0.3) is 11.3 Å². The van der Waals surface area contributed by atoms with Crippen LogP contribution >= 0.6 is 11.9 Å². The second-order valence-electron chi connectivity index (χ2n) is 8.08. The largest absolute Gasteiger partial charge is 0.493 e. The summed E-state index contributed by atoms with van der Waals surface area (Å²) in [4.78, 5) is 4.42. The van der Waals surface area contributed by atoms with Crippen LogP contribution in [0.3, 0.4) is 0 Å². The molecule has 0 spiro atoms. The van der Waals surface area contributed by atoms with Crippen LogP contribution in [0.2, 0.25) is 0 Å². The van der Waals surface area contributed by atoms with Crippen LogP contribution in [-0.4, -0.2) is 21.4 Å². The number of hydrogen-bond donors (Lipinski definition) is 1. The fraction of sp³-hybridized carbons (Fsp3) is 0.200. The van der Waals surface area contributed by atoms with Crippen molar-refractivity contribution in [1.29, 1.82) is 0 Å². The zero-order valence-corrected chi connectivity index (χ0v) is 19.3. The fourth-order valence-electron chi connectivity index (χ4n) is 4.23. The van der Waals surface area contributed by atoms with Gasteiger partial charge in [0, 0.05) is 41.4 Å². The first-order valence-corrected chi connectivity index (χ1v) is 11.6. The third-order valence-electron chi connectivity index (χ3n) is 5.92. The Morgan fingerprint density at radius 1 is 1.06 bits per heavy atom. The molecule has 180 valence electrons. The van der Waals surface area contributed by atoms with Crippen molar-refractivity contribution in [2.75, 3.05) is 11.3 Å². The molecule has 1 N–H and O–H groups in total. The first-order valence-electron chi connectivity index (χ1n) is 10.8. The number of rotatable bonds is 5. The summed E-state index contributed by atoms with van der Waals surface area (Å²) in [7, 11) is 1.71. The van der Waals surface area contributed by atoms with Crippen LogP contribution in [0, 0.1) is 5.95 Å². The van der Waals surface area contributed by atoms with E-state index in [9.17, 15) is 17.6 Å². The zero-order valence-electron chi connectivity index (χ0n) is 18.5. The number of anilines is 1. The van der Waals surface area contributed by atoms with Crippen LogP contribution in [-0.2, 0) is 13.2 Å². The predicted octanol–water partition coefficient (Wildman–Crippen LogP) is 6.67. The van der Waals surface area contributed by atoms with E-state index in [0.717, 1.165) is 22.1 Å². The third kappa shape index (κ3) is 4.70. The van der Waals surface area contributed by atoms with E-state index in [4.69, 9.17) is 4.74 Å². The van der Waals surface area contributed by atoms with Gasteiger partial charge in [0.05, 0.1) is 17.9 Å². The normalized spacial score (nSPS) is 15.4. The van der Waals surface area contributed by atoms with E-state index in [1.807, 2.05) is 18.2 Å². The van der Waals surface area contributed by atoms with Gasteiger partial charge in [0.2, 0.25) is 5.95 Å². The lowest BCUT2D eigenvalue weighted by atomic mass is 9.83. The lowest BCUT2D eigenvalue weighted by molar-refractivity contribution is -0.137. The summed E-state index contributed by atoms with van der Waals surface area (Å²) in [5, 5.41) is 4.15. The zero-order chi connectivity index (χ0) is 24.6. The number of benzene rings is 2. The van der Waals surface area contributed by atoms with Crippen LogP contribution in [0.5, 0.6) is 5.75 Å². The molecule has 35 heavy (non-hydrogen) atoms. The van der Waals surface area contributed by atoms with Crippen molar-refractivity contribution in [3.8, 4) is 17.0 Å². The first kappa shape index (κ1) is 23.2. The quantitative estimate of drug-likeness (QED) is 0.188. The SMILES string of the molecule is Cn1nccc1-c1cc(C(F)(F)F)ccc1C1CCOc2cc(SNc3cccnc3F)ccc21. The van der Waals surface area contributed by atoms with Gasteiger partial charge in [0.1, 0.15) is 11.4 Å². The molecule has 0 fully saturated rings. The van der Waals surface area contributed by atoms with E-state index in [1.165, 1.54) is 24.2 Å². The Kier molecular flexibility index (Phi) is 6.14. The molecule has 5 nitrogen and oxygen atoms in total. The molecule has 2 aromatic heterocycles. The number of pyridine rings is 1. The molecule has 10 heteroatoms. The smallest absolute Gasteiger partial charge is 0.416 e. The Labute approximate surface area is 203 Å². The highest BCUT2D eigenvalue weighted by Crippen LogP contribution is 2.44. The molecule has 1 atom stereocenters. The number of aryl methyl sites for hydroxylation is 1. The lowest BCUT2D eigenvalue weighted by Crippen LogP contribution is -2.17. The number of aromatic nitrogens is 3. The molecule has 1 unspecified atom stereocenters. The number of alkyl halides is 3. The maximum absolute atomic E-state index is 13.8. The van der Waals surface area contributed by atoms with Crippen molar-refractivity contribution in [3.63, 3.8) is 0 Å². The molecule has 5 rings (SSSR count). The van der Waals surface area contributed by atoms with E-state index >= 15 is 0 Å². The predicted molar refractivity (Wildman–Crippen MR) is 126 cm³/mol. The molecule has 0 radical (unpaired) electrons. The van der Waals surface area contributed by atoms with Crippen LogP contribution in [0.15, 0.2) is 71.9 Å². The van der Waals surface area contributed by atoms with E-state index < -0.39 is 17.7 Å². The minimum Gasteiger partial charge on any atom is -0.493 e. The van der Waals surface area contributed by atoms with Gasteiger partial charge in [-0.1, -0.05) is 12.1 Å². The number of nitrogens with one attached hydrogen (secondary N) is 1. The van der Waals surface area contributed by atoms with Crippen molar-refractivity contribution in [3.05, 3.63) is 89.6 Å². The Morgan fingerprint density at radius 3 is 2.63 bits per heavy atom. The molecule has 0 saturated heterocycles. The minimum absolute atomic E-state index is 0.159. The Hall–Kier alpha value is -3.53. The van der Waals surface area contributed by atoms with Gasteiger partial charge in [-0.15, -0.1) is 0 Å². The number of nitrogens with zero attached hydrogens (tertiary/aromatic N) is 3. The highest BCUT2D eigenvalue weighted by molar-refractivity contribution is 8.00. The van der Waals surface area contributed by atoms with Crippen molar-refractivity contribution in [1.82, 2.24) is 14.8 Å². The molecule has 1 aliphatic rings. The van der Waals surface area contributed by atoms with Gasteiger partial charge in [-0.25, -0.2) is 4.98 Å². The second kappa shape index (κ2) is 9.26. The Balaban J connectivity index is 1.49. The summed E-state index contributed by atoms with van der Waals surface area (Å²) < 4.78 is 64.7. The van der Waals surface area contributed by atoms with Crippen LogP contribution in [0.4, 0.5) is 23.2 Å². The van der Waals surface area contributed by atoms with Gasteiger partial charge < -0.3 is 9.46 Å². The highest BCUT2D eigenvalue weighted by atomic mass is 32.2. The van der Waals surface area contributed by atoms with Crippen molar-refractivity contribution in [2.45, 2.75) is 23.4 Å². The molecule has 3 heterocycles. The standard InChI is InChI=1S/C25H20F4N4OS/c1-33-22(8-11-31-33)20-13-15(25(27,28)29)4-6-17(20)18-9-12-34-23-14-16(5-7-19(18)23)35-32-21-3-2-10-30-24(21)26/h2-8,10-11,13-14,18,32H,9,12H2,1H3. The lowest BCUT2D eigenvalue weighted by Gasteiger charge is -2.28. The van der Waals surface area contributed by atoms with Gasteiger partial charge in [0.25, 0.3) is 0 Å². The molecule has 0 saturated carbocycles. The summed E-state index contributed by atoms with van der Waals surface area (Å²) in [6.07, 6.45) is -0.890. The summed E-state index contributed by atoms with van der Waals surface area (Å²) in [5.41, 5.74) is 2.32. The molecule has 2 aromatic carbocycles. The van der Waals surface area contributed by atoms with Gasteiger partial charge in [-0.05, 0) is 66.4 Å². The van der Waals surface area contributed by atoms with Crippen LogP contribution in [0.1, 0.15) is 29.0 Å². The minimum atomic E-state index is -4.45. The van der Waals surface area contributed by atoms with Crippen molar-refractivity contribution < 1.29 is 22.3 Å². The monoisotopic (exact) mass is 500 g/mol. The van der Waals surface area contributed by atoms with Crippen molar-refractivity contribution >= 4 is 17.6 Å². The Morgan fingerprint density at radius 2 is 1.89 bits per heavy atom. The molecule has 0 aliphatic carbocycles. The maximum atomic E-state index is 13.8. The maximum Gasteiger partial charge on any atom is 0.416 e. The van der Waals surface area contributed by atoms with Gasteiger partial charge >= 0.3 is 6.18 Å². The van der Waals surface area contributed by atoms with Gasteiger partial charge in [-0.2, -0.15) is 22.7 Å². The van der Waals surface area contributed by atoms with E-state index in [0.29, 0.717) is 30.0 Å². The number of halogens is 4. The molecule has 1 aliphatic heterocycles. The van der Waals surface area contributed by atoms with Gasteiger partial charge in [0.15, 0.2) is 0 Å². The Bertz CT molecular complexity index is 1370. The molecular weight excluding hydrogens is 480 g/mol. The first-order chi connectivity index (χ1) is 16.8. The number of fused-ring (bicyclic) bond motifs is 1. The molecule has 4 aromatic rings. The van der Waals surface area contributed by atoms with E-state index in [2.05, 4.69) is 14.8 Å². The number of hydrogen-bond acceptors (Lipinski definition) is 5.